The van der Waals surface area contributed by atoms with E-state index in [4.69, 9.17) is 16.1 Å². The van der Waals surface area contributed by atoms with E-state index in [-0.39, 0.29) is 6.04 Å². The van der Waals surface area contributed by atoms with Crippen LogP contribution in [-0.4, -0.2) is 36.9 Å². The van der Waals surface area contributed by atoms with Gasteiger partial charge in [-0.1, -0.05) is 16.8 Å². The van der Waals surface area contributed by atoms with Crippen molar-refractivity contribution in [2.24, 2.45) is 0 Å². The normalized spacial score (nSPS) is 16.5. The van der Waals surface area contributed by atoms with E-state index >= 15 is 0 Å². The van der Waals surface area contributed by atoms with Gasteiger partial charge in [-0.25, -0.2) is 9.97 Å². The Morgan fingerprint density at radius 2 is 2.21 bits per heavy atom. The summed E-state index contributed by atoms with van der Waals surface area (Å²) in [6.45, 7) is 2.74. The first kappa shape index (κ1) is 18.1. The van der Waals surface area contributed by atoms with E-state index in [9.17, 15) is 0 Å². The summed E-state index contributed by atoms with van der Waals surface area (Å²) in [6, 6.07) is 5.51. The molecule has 1 unspecified atom stereocenters. The molecule has 0 saturated carbocycles. The van der Waals surface area contributed by atoms with Crippen LogP contribution in [0.4, 0.5) is 17.6 Å². The number of H-pyrrole nitrogens is 1. The van der Waals surface area contributed by atoms with Crippen molar-refractivity contribution < 1.29 is 4.52 Å². The van der Waals surface area contributed by atoms with Crippen LogP contribution in [-0.2, 0) is 0 Å². The van der Waals surface area contributed by atoms with Gasteiger partial charge in [-0.2, -0.15) is 10.1 Å². The fourth-order valence-corrected chi connectivity index (χ4v) is 4.18. The standard InChI is InChI=1S/C18H17ClN8OS/c1-10-7-16(25-24-10)22-15-9-14(19)21-18(23-15)27-5-2-3-12(27)13-8-11(26-28-13)17-20-4-6-29-17/h4,6-9,12H,2-3,5H2,1H3,(H2,21,22,23,24,25). The maximum Gasteiger partial charge on any atom is 0.229 e. The third-order valence-electron chi connectivity index (χ3n) is 4.66. The molecule has 0 aliphatic carbocycles. The summed E-state index contributed by atoms with van der Waals surface area (Å²) < 4.78 is 5.64. The largest absolute Gasteiger partial charge is 0.358 e. The van der Waals surface area contributed by atoms with Crippen LogP contribution >= 0.6 is 22.9 Å². The van der Waals surface area contributed by atoms with Gasteiger partial charge >= 0.3 is 0 Å². The zero-order valence-corrected chi connectivity index (χ0v) is 17.0. The van der Waals surface area contributed by atoms with Crippen LogP contribution in [0, 0.1) is 6.92 Å². The number of hydrogen-bond donors (Lipinski definition) is 2. The molecule has 2 N–H and O–H groups in total. The smallest absolute Gasteiger partial charge is 0.229 e. The highest BCUT2D eigenvalue weighted by atomic mass is 35.5. The molecule has 5 rings (SSSR count). The number of aryl methyl sites for hydroxylation is 1. The van der Waals surface area contributed by atoms with E-state index in [0.717, 1.165) is 41.5 Å². The van der Waals surface area contributed by atoms with Gasteiger partial charge in [-0.05, 0) is 19.8 Å². The molecule has 4 aromatic rings. The predicted octanol–water partition coefficient (Wildman–Crippen LogP) is 4.36. The van der Waals surface area contributed by atoms with Crippen LogP contribution in [0.25, 0.3) is 10.7 Å². The van der Waals surface area contributed by atoms with Crippen molar-refractivity contribution in [3.8, 4) is 10.7 Å². The summed E-state index contributed by atoms with van der Waals surface area (Å²) in [5.41, 5.74) is 1.69. The number of halogens is 1. The van der Waals surface area contributed by atoms with E-state index in [0.29, 0.717) is 22.7 Å². The molecule has 29 heavy (non-hydrogen) atoms. The number of hydrogen-bond acceptors (Lipinski definition) is 9. The van der Waals surface area contributed by atoms with Gasteiger partial charge in [0.15, 0.2) is 11.6 Å². The Morgan fingerprint density at radius 3 is 3.00 bits per heavy atom. The van der Waals surface area contributed by atoms with Crippen LogP contribution in [0.5, 0.6) is 0 Å². The Hall–Kier alpha value is -2.98. The van der Waals surface area contributed by atoms with Crippen molar-refractivity contribution in [1.29, 1.82) is 0 Å². The van der Waals surface area contributed by atoms with Gasteiger partial charge in [-0.15, -0.1) is 11.3 Å². The monoisotopic (exact) mass is 428 g/mol. The quantitative estimate of drug-likeness (QED) is 0.451. The Balaban J connectivity index is 1.42. The number of nitrogens with one attached hydrogen (secondary N) is 2. The predicted molar refractivity (Wildman–Crippen MR) is 111 cm³/mol. The fraction of sp³-hybridized carbons (Fsp3) is 0.278. The van der Waals surface area contributed by atoms with Crippen LogP contribution < -0.4 is 10.2 Å². The second-order valence-electron chi connectivity index (χ2n) is 6.74. The first-order valence-electron chi connectivity index (χ1n) is 9.12. The SMILES string of the molecule is Cc1cc(Nc2cc(Cl)nc(N3CCCC3c3cc(-c4nccs4)no3)n2)n[nH]1. The highest BCUT2D eigenvalue weighted by molar-refractivity contribution is 7.13. The minimum atomic E-state index is -0.00448. The van der Waals surface area contributed by atoms with E-state index < -0.39 is 0 Å². The minimum Gasteiger partial charge on any atom is -0.358 e. The summed E-state index contributed by atoms with van der Waals surface area (Å²) >= 11 is 7.81. The second-order valence-corrected chi connectivity index (χ2v) is 8.02. The maximum atomic E-state index is 6.28. The van der Waals surface area contributed by atoms with Crippen LogP contribution in [0.15, 0.2) is 34.3 Å². The molecular weight excluding hydrogens is 412 g/mol. The summed E-state index contributed by atoms with van der Waals surface area (Å²) in [6.07, 6.45) is 3.67. The number of aromatic amines is 1. The zero-order chi connectivity index (χ0) is 19.8. The molecule has 0 aromatic carbocycles. The molecule has 0 bridgehead atoms. The van der Waals surface area contributed by atoms with E-state index in [2.05, 4.69) is 40.5 Å². The number of nitrogens with zero attached hydrogens (tertiary/aromatic N) is 6. The Labute approximate surface area is 175 Å². The van der Waals surface area contributed by atoms with Gasteiger partial charge in [0.25, 0.3) is 0 Å². The van der Waals surface area contributed by atoms with Gasteiger partial charge in [0.1, 0.15) is 21.7 Å². The molecule has 0 radical (unpaired) electrons. The Morgan fingerprint density at radius 1 is 1.28 bits per heavy atom. The van der Waals surface area contributed by atoms with Crippen molar-refractivity contribution in [1.82, 2.24) is 30.3 Å². The molecule has 4 aromatic heterocycles. The zero-order valence-electron chi connectivity index (χ0n) is 15.5. The number of aromatic nitrogens is 6. The summed E-state index contributed by atoms with van der Waals surface area (Å²) in [4.78, 5) is 15.5. The van der Waals surface area contributed by atoms with Crippen LogP contribution in [0.1, 0.15) is 30.3 Å². The van der Waals surface area contributed by atoms with Gasteiger partial charge < -0.3 is 14.7 Å². The lowest BCUT2D eigenvalue weighted by atomic mass is 10.1. The molecule has 0 amide bonds. The van der Waals surface area contributed by atoms with Crippen molar-refractivity contribution in [2.45, 2.75) is 25.8 Å². The molecule has 1 aliphatic rings. The highest BCUT2D eigenvalue weighted by Gasteiger charge is 2.32. The molecule has 11 heteroatoms. The summed E-state index contributed by atoms with van der Waals surface area (Å²) in [5, 5.41) is 17.5. The summed E-state index contributed by atoms with van der Waals surface area (Å²) in [5.74, 6) is 2.57. The van der Waals surface area contributed by atoms with Crippen LogP contribution in [0.2, 0.25) is 5.15 Å². The molecule has 1 fully saturated rings. The number of anilines is 3. The fourth-order valence-electron chi connectivity index (χ4n) is 3.41. The first-order valence-corrected chi connectivity index (χ1v) is 10.4. The molecule has 5 heterocycles. The first-order chi connectivity index (χ1) is 14.2. The van der Waals surface area contributed by atoms with Gasteiger partial charge in [0.05, 0.1) is 6.04 Å². The minimum absolute atomic E-state index is 0.00448. The number of thiazole rings is 1. The van der Waals surface area contributed by atoms with E-state index in [1.807, 2.05) is 24.4 Å². The van der Waals surface area contributed by atoms with Gasteiger partial charge in [0.2, 0.25) is 5.95 Å². The van der Waals surface area contributed by atoms with E-state index in [1.165, 1.54) is 11.3 Å². The second kappa shape index (κ2) is 7.45. The Bertz CT molecular complexity index is 1120. The molecule has 148 valence electrons. The lowest BCUT2D eigenvalue weighted by Crippen LogP contribution is -2.24. The van der Waals surface area contributed by atoms with Gasteiger partial charge in [-0.3, -0.25) is 5.10 Å². The molecule has 9 nitrogen and oxygen atoms in total. The van der Waals surface area contributed by atoms with Crippen LogP contribution in [0.3, 0.4) is 0 Å². The van der Waals surface area contributed by atoms with Crippen molar-refractivity contribution in [2.75, 3.05) is 16.8 Å². The third kappa shape index (κ3) is 3.68. The number of rotatable bonds is 5. The molecule has 1 saturated heterocycles. The highest BCUT2D eigenvalue weighted by Crippen LogP contribution is 2.37. The maximum absolute atomic E-state index is 6.28. The van der Waals surface area contributed by atoms with Crippen molar-refractivity contribution in [3.63, 3.8) is 0 Å². The average molecular weight is 429 g/mol. The van der Waals surface area contributed by atoms with Gasteiger partial charge in [0, 0.05) is 42.0 Å². The Kier molecular flexibility index (Phi) is 4.64. The average Bonchev–Trinajstić information content (AvgIpc) is 3.48. The lowest BCUT2D eigenvalue weighted by molar-refractivity contribution is 0.362. The molecule has 1 atom stereocenters. The van der Waals surface area contributed by atoms with E-state index in [1.54, 1.807) is 12.3 Å². The molecular formula is C18H17ClN8OS. The third-order valence-corrected chi connectivity index (χ3v) is 5.65. The molecule has 0 spiro atoms. The molecule has 1 aliphatic heterocycles. The summed E-state index contributed by atoms with van der Waals surface area (Å²) in [7, 11) is 0. The topological polar surface area (TPSA) is 109 Å². The van der Waals surface area contributed by atoms with Crippen molar-refractivity contribution in [3.05, 3.63) is 46.4 Å². The van der Waals surface area contributed by atoms with Crippen molar-refractivity contribution >= 4 is 40.5 Å². The lowest BCUT2D eigenvalue weighted by Gasteiger charge is -2.23.